The van der Waals surface area contributed by atoms with Crippen LogP contribution < -0.4 is 10.0 Å². The van der Waals surface area contributed by atoms with Gasteiger partial charge in [-0.1, -0.05) is 11.6 Å². The first-order chi connectivity index (χ1) is 16.6. The molecule has 0 aliphatic carbocycles. The molecule has 3 aromatic rings. The molecule has 1 heterocycles. The predicted molar refractivity (Wildman–Crippen MR) is 116 cm³/mol. The van der Waals surface area contributed by atoms with E-state index in [-0.39, 0.29) is 17.1 Å². The fraction of sp³-hybridized carbons (Fsp3) is 0.150. The summed E-state index contributed by atoms with van der Waals surface area (Å²) in [5, 5.41) is 10.1. The van der Waals surface area contributed by atoms with Gasteiger partial charge in [0.15, 0.2) is 4.90 Å². The molecule has 3 rings (SSSR count). The van der Waals surface area contributed by atoms with Gasteiger partial charge in [-0.25, -0.2) is 36.4 Å². The van der Waals surface area contributed by atoms with Crippen molar-refractivity contribution in [3.8, 4) is 0 Å². The molecule has 1 atom stereocenters. The number of rotatable bonds is 6. The minimum atomic E-state index is -5.08. The third kappa shape index (κ3) is 7.71. The fourth-order valence-corrected chi connectivity index (χ4v) is 3.92. The summed E-state index contributed by atoms with van der Waals surface area (Å²) in [7, 11) is -4.58. The Hall–Kier alpha value is -3.59. The Bertz CT molecular complexity index is 1320. The van der Waals surface area contributed by atoms with Crippen LogP contribution in [0.1, 0.15) is 18.5 Å². The summed E-state index contributed by atoms with van der Waals surface area (Å²) >= 11 is 5.85. The molecule has 194 valence electrons. The highest BCUT2D eigenvalue weighted by Gasteiger charge is 2.38. The SMILES string of the molecule is C[C@H](Nc1cc(F)c(S(=O)(=O)Nc2ccncn2)c(F)c1)c1cc(Cl)ccc1F.O=C(O)C(F)(F)F. The number of hydrogen-bond acceptors (Lipinski definition) is 6. The molecule has 3 N–H and O–H groups in total. The van der Waals surface area contributed by atoms with Gasteiger partial charge in [0.05, 0.1) is 6.04 Å². The second kappa shape index (κ2) is 11.4. The molecular weight excluding hydrogens is 542 g/mol. The number of nitrogens with one attached hydrogen (secondary N) is 2. The predicted octanol–water partition coefficient (Wildman–Crippen LogP) is 5.15. The molecule has 0 spiro atoms. The highest BCUT2D eigenvalue weighted by molar-refractivity contribution is 7.92. The summed E-state index contributed by atoms with van der Waals surface area (Å²) in [6.07, 6.45) is -2.74. The van der Waals surface area contributed by atoms with E-state index >= 15 is 0 Å². The zero-order valence-electron chi connectivity index (χ0n) is 17.8. The molecule has 0 saturated carbocycles. The van der Waals surface area contributed by atoms with Crippen molar-refractivity contribution in [2.24, 2.45) is 0 Å². The van der Waals surface area contributed by atoms with Gasteiger partial charge in [0.1, 0.15) is 29.6 Å². The van der Waals surface area contributed by atoms with Crippen LogP contribution >= 0.6 is 11.6 Å². The van der Waals surface area contributed by atoms with Crippen LogP contribution in [-0.2, 0) is 14.8 Å². The van der Waals surface area contributed by atoms with E-state index in [1.807, 2.05) is 4.72 Å². The Balaban J connectivity index is 0.000000572. The third-order valence-electron chi connectivity index (χ3n) is 4.14. The number of carbonyl (C=O) groups is 1. The van der Waals surface area contributed by atoms with E-state index in [1.54, 1.807) is 6.92 Å². The summed E-state index contributed by atoms with van der Waals surface area (Å²) in [6, 6.07) is 6.06. The van der Waals surface area contributed by atoms with Gasteiger partial charge in [-0.3, -0.25) is 4.72 Å². The lowest BCUT2D eigenvalue weighted by Crippen LogP contribution is -2.21. The lowest BCUT2D eigenvalue weighted by atomic mass is 10.1. The Morgan fingerprint density at radius 1 is 1.06 bits per heavy atom. The van der Waals surface area contributed by atoms with Gasteiger partial charge in [-0.2, -0.15) is 13.2 Å². The van der Waals surface area contributed by atoms with Gasteiger partial charge in [0, 0.05) is 22.5 Å². The largest absolute Gasteiger partial charge is 0.490 e. The Morgan fingerprint density at radius 2 is 1.64 bits per heavy atom. The van der Waals surface area contributed by atoms with Crippen molar-refractivity contribution in [2.75, 3.05) is 10.0 Å². The lowest BCUT2D eigenvalue weighted by molar-refractivity contribution is -0.192. The number of anilines is 2. The minimum Gasteiger partial charge on any atom is -0.475 e. The number of alkyl halides is 3. The maximum absolute atomic E-state index is 14.5. The topological polar surface area (TPSA) is 121 Å². The molecular formula is C20H15ClF6N4O4S. The van der Waals surface area contributed by atoms with Crippen molar-refractivity contribution >= 4 is 39.1 Å². The normalized spacial score (nSPS) is 12.2. The van der Waals surface area contributed by atoms with Crippen molar-refractivity contribution in [3.05, 3.63) is 77.0 Å². The van der Waals surface area contributed by atoms with Gasteiger partial charge in [-0.05, 0) is 43.3 Å². The Morgan fingerprint density at radius 3 is 2.14 bits per heavy atom. The monoisotopic (exact) mass is 556 g/mol. The van der Waals surface area contributed by atoms with Crippen LogP contribution in [0.15, 0.2) is 53.8 Å². The molecule has 0 unspecified atom stereocenters. The van der Waals surface area contributed by atoms with Crippen LogP contribution in [0, 0.1) is 17.5 Å². The number of nitrogens with zero attached hydrogens (tertiary/aromatic N) is 2. The van der Waals surface area contributed by atoms with Crippen molar-refractivity contribution in [1.29, 1.82) is 0 Å². The molecule has 0 fully saturated rings. The summed E-state index contributed by atoms with van der Waals surface area (Å²) < 4.78 is 101. The van der Waals surface area contributed by atoms with Crippen molar-refractivity contribution in [1.82, 2.24) is 9.97 Å². The Labute approximate surface area is 205 Å². The number of aliphatic carboxylic acids is 1. The number of halogens is 7. The molecule has 0 aliphatic rings. The number of hydrogen-bond donors (Lipinski definition) is 3. The van der Waals surface area contributed by atoms with Gasteiger partial charge in [-0.15, -0.1) is 0 Å². The molecule has 8 nitrogen and oxygen atoms in total. The van der Waals surface area contributed by atoms with E-state index in [0.717, 1.165) is 18.5 Å². The molecule has 2 aromatic carbocycles. The molecule has 36 heavy (non-hydrogen) atoms. The molecule has 0 bridgehead atoms. The molecule has 0 amide bonds. The zero-order valence-corrected chi connectivity index (χ0v) is 19.4. The highest BCUT2D eigenvalue weighted by atomic mass is 35.5. The average Bonchev–Trinajstić information content (AvgIpc) is 2.74. The highest BCUT2D eigenvalue weighted by Crippen LogP contribution is 2.29. The molecule has 0 radical (unpaired) electrons. The summed E-state index contributed by atoms with van der Waals surface area (Å²) in [5.41, 5.74) is 0.105. The third-order valence-corrected chi connectivity index (χ3v) is 5.78. The van der Waals surface area contributed by atoms with Crippen LogP contribution in [0.25, 0.3) is 0 Å². The van der Waals surface area contributed by atoms with Gasteiger partial charge >= 0.3 is 12.1 Å². The summed E-state index contributed by atoms with van der Waals surface area (Å²) in [6.45, 7) is 1.56. The second-order valence-corrected chi connectivity index (χ2v) is 8.86. The van der Waals surface area contributed by atoms with Gasteiger partial charge < -0.3 is 10.4 Å². The Kier molecular flexibility index (Phi) is 9.10. The van der Waals surface area contributed by atoms with Crippen molar-refractivity contribution < 1.29 is 44.7 Å². The summed E-state index contributed by atoms with van der Waals surface area (Å²) in [4.78, 5) is 15.0. The first-order valence-corrected chi connectivity index (χ1v) is 11.3. The van der Waals surface area contributed by atoms with Crippen molar-refractivity contribution in [3.63, 3.8) is 0 Å². The van der Waals surface area contributed by atoms with Crippen molar-refractivity contribution in [2.45, 2.75) is 24.0 Å². The number of carboxylic acids is 1. The maximum atomic E-state index is 14.5. The summed E-state index contributed by atoms with van der Waals surface area (Å²) in [5.74, 6) is -6.11. The molecule has 16 heteroatoms. The molecule has 0 aliphatic heterocycles. The number of aromatic nitrogens is 2. The van der Waals surface area contributed by atoms with E-state index in [9.17, 15) is 34.8 Å². The van der Waals surface area contributed by atoms with E-state index in [0.29, 0.717) is 5.02 Å². The first-order valence-electron chi connectivity index (χ1n) is 9.41. The van der Waals surface area contributed by atoms with E-state index in [4.69, 9.17) is 21.5 Å². The minimum absolute atomic E-state index is 0.0761. The number of sulfonamides is 1. The van der Waals surface area contributed by atoms with Gasteiger partial charge in [0.2, 0.25) is 0 Å². The van der Waals surface area contributed by atoms with Crippen LogP contribution in [0.4, 0.5) is 37.8 Å². The molecule has 0 saturated heterocycles. The van der Waals surface area contributed by atoms with Crippen LogP contribution in [0.2, 0.25) is 5.02 Å². The van der Waals surface area contributed by atoms with Crippen LogP contribution in [0.3, 0.4) is 0 Å². The first kappa shape index (κ1) is 28.6. The smallest absolute Gasteiger partial charge is 0.475 e. The molecule has 1 aromatic heterocycles. The standard InChI is InChI=1S/C18H14ClF3N4O2S.C2HF3O2/c1-10(13-6-11(19)2-3-14(13)20)25-12-7-15(21)18(16(22)8-12)29(27,28)26-17-4-5-23-9-24-17;3-2(4,5)1(6)7/h2-10,25H,1H3,(H,23,24,26);(H,6,7)/t10-;/m0./s1. The maximum Gasteiger partial charge on any atom is 0.490 e. The quantitative estimate of drug-likeness (QED) is 0.359. The average molecular weight is 557 g/mol. The van der Waals surface area contributed by atoms with E-state index < -0.39 is 50.6 Å². The van der Waals surface area contributed by atoms with E-state index in [2.05, 4.69) is 15.3 Å². The number of benzene rings is 2. The zero-order chi connectivity index (χ0) is 27.3. The lowest BCUT2D eigenvalue weighted by Gasteiger charge is -2.18. The van der Waals surface area contributed by atoms with Gasteiger partial charge in [0.25, 0.3) is 10.0 Å². The fourth-order valence-electron chi connectivity index (χ4n) is 2.61. The van der Waals surface area contributed by atoms with E-state index in [1.165, 1.54) is 30.5 Å². The number of carboxylic acid groups (broad SMARTS) is 1. The second-order valence-electron chi connectivity index (χ2n) is 6.80. The van der Waals surface area contributed by atoms with Crippen LogP contribution in [-0.4, -0.2) is 35.6 Å². The van der Waals surface area contributed by atoms with Crippen LogP contribution in [0.5, 0.6) is 0 Å².